The summed E-state index contributed by atoms with van der Waals surface area (Å²) >= 11 is 6.11. The fraction of sp³-hybridized carbons (Fsp3) is 0.368. The van der Waals surface area contributed by atoms with Crippen LogP contribution in [0.5, 0.6) is 0 Å². The third-order valence-electron chi connectivity index (χ3n) is 4.16. The predicted octanol–water partition coefficient (Wildman–Crippen LogP) is 4.93. The zero-order chi connectivity index (χ0) is 17.6. The van der Waals surface area contributed by atoms with Gasteiger partial charge in [0.1, 0.15) is 0 Å². The maximum Gasteiger partial charge on any atom is 0.242 e. The minimum atomic E-state index is -3.48. The first-order chi connectivity index (χ1) is 11.4. The Bertz CT molecular complexity index is 747. The van der Waals surface area contributed by atoms with Crippen LogP contribution in [0, 0.1) is 0 Å². The molecule has 0 aliphatic rings. The molecule has 0 bridgehead atoms. The SMILES string of the molecule is CCCCC(CN(C)S(=O)(=O)c1ccccc1)c1cccc(Cl)c1. The molecule has 1 atom stereocenters. The molecule has 0 aromatic heterocycles. The summed E-state index contributed by atoms with van der Waals surface area (Å²) in [5.41, 5.74) is 1.09. The van der Waals surface area contributed by atoms with E-state index in [-0.39, 0.29) is 5.92 Å². The molecule has 0 spiro atoms. The zero-order valence-electron chi connectivity index (χ0n) is 14.2. The van der Waals surface area contributed by atoms with Crippen LogP contribution in [-0.2, 0) is 10.0 Å². The molecule has 0 fully saturated rings. The summed E-state index contributed by atoms with van der Waals surface area (Å²) in [6.07, 6.45) is 3.06. The van der Waals surface area contributed by atoms with Gasteiger partial charge in [0.2, 0.25) is 10.0 Å². The summed E-state index contributed by atoms with van der Waals surface area (Å²) in [6, 6.07) is 16.3. The summed E-state index contributed by atoms with van der Waals surface area (Å²) < 4.78 is 26.9. The lowest BCUT2D eigenvalue weighted by Gasteiger charge is -2.24. The molecular formula is C19H24ClNO2S. The molecule has 0 heterocycles. The lowest BCUT2D eigenvalue weighted by Crippen LogP contribution is -2.31. The second-order valence-electron chi connectivity index (χ2n) is 5.99. The number of hydrogen-bond donors (Lipinski definition) is 0. The second-order valence-corrected chi connectivity index (χ2v) is 8.47. The van der Waals surface area contributed by atoms with E-state index in [9.17, 15) is 8.42 Å². The molecule has 0 saturated heterocycles. The molecule has 0 saturated carbocycles. The van der Waals surface area contributed by atoms with Gasteiger partial charge in [-0.15, -0.1) is 0 Å². The Kier molecular flexibility index (Phi) is 6.84. The quantitative estimate of drug-likeness (QED) is 0.664. The summed E-state index contributed by atoms with van der Waals surface area (Å²) in [6.45, 7) is 2.58. The van der Waals surface area contributed by atoms with Gasteiger partial charge in [-0.1, -0.05) is 61.7 Å². The zero-order valence-corrected chi connectivity index (χ0v) is 15.7. The Labute approximate surface area is 150 Å². The molecule has 0 radical (unpaired) electrons. The molecule has 0 N–H and O–H groups in total. The van der Waals surface area contributed by atoms with E-state index < -0.39 is 10.0 Å². The van der Waals surface area contributed by atoms with Crippen molar-refractivity contribution in [2.45, 2.75) is 37.0 Å². The maximum atomic E-state index is 12.7. The van der Waals surface area contributed by atoms with Crippen LogP contribution in [-0.4, -0.2) is 26.3 Å². The van der Waals surface area contributed by atoms with Crippen LogP contribution in [0.3, 0.4) is 0 Å². The van der Waals surface area contributed by atoms with Gasteiger partial charge in [-0.2, -0.15) is 0 Å². The highest BCUT2D eigenvalue weighted by Crippen LogP contribution is 2.27. The van der Waals surface area contributed by atoms with Crippen molar-refractivity contribution in [1.82, 2.24) is 4.31 Å². The number of benzene rings is 2. The highest BCUT2D eigenvalue weighted by atomic mass is 35.5. The van der Waals surface area contributed by atoms with E-state index in [1.165, 1.54) is 4.31 Å². The molecule has 0 aliphatic heterocycles. The van der Waals surface area contributed by atoms with Crippen molar-refractivity contribution in [2.75, 3.05) is 13.6 Å². The molecule has 2 aromatic carbocycles. The van der Waals surface area contributed by atoms with Crippen molar-refractivity contribution in [2.24, 2.45) is 0 Å². The third-order valence-corrected chi connectivity index (χ3v) is 6.23. The van der Waals surface area contributed by atoms with E-state index in [4.69, 9.17) is 11.6 Å². The Balaban J connectivity index is 2.22. The summed E-state index contributed by atoms with van der Waals surface area (Å²) in [7, 11) is -1.83. The van der Waals surface area contributed by atoms with Gasteiger partial charge >= 0.3 is 0 Å². The number of halogens is 1. The first-order valence-electron chi connectivity index (χ1n) is 8.22. The van der Waals surface area contributed by atoms with Gasteiger partial charge < -0.3 is 0 Å². The number of unbranched alkanes of at least 4 members (excludes halogenated alkanes) is 1. The van der Waals surface area contributed by atoms with E-state index in [2.05, 4.69) is 6.92 Å². The van der Waals surface area contributed by atoms with Crippen molar-refractivity contribution >= 4 is 21.6 Å². The van der Waals surface area contributed by atoms with Crippen molar-refractivity contribution in [3.8, 4) is 0 Å². The van der Waals surface area contributed by atoms with Crippen LogP contribution in [0.1, 0.15) is 37.7 Å². The van der Waals surface area contributed by atoms with E-state index >= 15 is 0 Å². The lowest BCUT2D eigenvalue weighted by atomic mass is 9.93. The minimum absolute atomic E-state index is 0.132. The van der Waals surface area contributed by atoms with Gasteiger partial charge in [-0.05, 0) is 42.2 Å². The van der Waals surface area contributed by atoms with Crippen molar-refractivity contribution in [3.05, 3.63) is 65.2 Å². The van der Waals surface area contributed by atoms with Crippen molar-refractivity contribution in [1.29, 1.82) is 0 Å². The maximum absolute atomic E-state index is 12.7. The summed E-state index contributed by atoms with van der Waals surface area (Å²) in [5.74, 6) is 0.132. The Morgan fingerprint density at radius 2 is 1.79 bits per heavy atom. The van der Waals surface area contributed by atoms with Crippen molar-refractivity contribution < 1.29 is 8.42 Å². The third kappa shape index (κ3) is 4.82. The molecule has 130 valence electrons. The largest absolute Gasteiger partial charge is 0.242 e. The molecule has 0 aliphatic carbocycles. The van der Waals surface area contributed by atoms with Crippen molar-refractivity contribution in [3.63, 3.8) is 0 Å². The van der Waals surface area contributed by atoms with Crippen LogP contribution >= 0.6 is 11.6 Å². The predicted molar refractivity (Wildman–Crippen MR) is 100.0 cm³/mol. The van der Waals surface area contributed by atoms with Gasteiger partial charge in [-0.3, -0.25) is 0 Å². The van der Waals surface area contributed by atoms with Gasteiger partial charge in [0.05, 0.1) is 4.90 Å². The molecular weight excluding hydrogens is 342 g/mol. The van der Waals surface area contributed by atoms with Crippen LogP contribution in [0.15, 0.2) is 59.5 Å². The van der Waals surface area contributed by atoms with Gasteiger partial charge in [-0.25, -0.2) is 12.7 Å². The molecule has 3 nitrogen and oxygen atoms in total. The number of hydrogen-bond acceptors (Lipinski definition) is 2. The van der Waals surface area contributed by atoms with Crippen LogP contribution in [0.2, 0.25) is 5.02 Å². The van der Waals surface area contributed by atoms with Crippen LogP contribution in [0.4, 0.5) is 0 Å². The minimum Gasteiger partial charge on any atom is -0.207 e. The van der Waals surface area contributed by atoms with Crippen LogP contribution < -0.4 is 0 Å². The average Bonchev–Trinajstić information content (AvgIpc) is 2.59. The molecule has 2 aromatic rings. The Hall–Kier alpha value is -1.36. The average molecular weight is 366 g/mol. The number of sulfonamides is 1. The smallest absolute Gasteiger partial charge is 0.207 e. The van der Waals surface area contributed by atoms with Gasteiger partial charge in [0, 0.05) is 18.6 Å². The highest BCUT2D eigenvalue weighted by Gasteiger charge is 2.24. The molecule has 24 heavy (non-hydrogen) atoms. The van der Waals surface area contributed by atoms with Crippen LogP contribution in [0.25, 0.3) is 0 Å². The van der Waals surface area contributed by atoms with Gasteiger partial charge in [0.15, 0.2) is 0 Å². The van der Waals surface area contributed by atoms with E-state index in [1.54, 1.807) is 31.3 Å². The molecule has 5 heteroatoms. The second kappa shape index (κ2) is 8.65. The molecule has 2 rings (SSSR count). The number of rotatable bonds is 8. The highest BCUT2D eigenvalue weighted by molar-refractivity contribution is 7.89. The molecule has 1 unspecified atom stereocenters. The first kappa shape index (κ1) is 19.0. The number of likely N-dealkylation sites (N-methyl/N-ethyl adjacent to an activating group) is 1. The van der Waals surface area contributed by atoms with E-state index in [1.807, 2.05) is 30.3 Å². The normalized spacial score (nSPS) is 13.2. The van der Waals surface area contributed by atoms with E-state index in [0.29, 0.717) is 16.5 Å². The first-order valence-corrected chi connectivity index (χ1v) is 10.0. The topological polar surface area (TPSA) is 37.4 Å². The van der Waals surface area contributed by atoms with E-state index in [0.717, 1.165) is 24.8 Å². The summed E-state index contributed by atoms with van der Waals surface area (Å²) in [5, 5.41) is 0.683. The lowest BCUT2D eigenvalue weighted by molar-refractivity contribution is 0.419. The standard InChI is InChI=1S/C19H24ClNO2S/c1-3-4-9-17(16-10-8-11-18(20)14-16)15-21(2)24(22,23)19-12-6-5-7-13-19/h5-8,10-14,17H,3-4,9,15H2,1-2H3. The Morgan fingerprint density at radius 1 is 1.08 bits per heavy atom. The monoisotopic (exact) mass is 365 g/mol. The van der Waals surface area contributed by atoms with Gasteiger partial charge in [0.25, 0.3) is 0 Å². The fourth-order valence-corrected chi connectivity index (χ4v) is 4.19. The summed E-state index contributed by atoms with van der Waals surface area (Å²) in [4.78, 5) is 0.327. The number of nitrogens with zero attached hydrogens (tertiary/aromatic N) is 1. The Morgan fingerprint density at radius 3 is 2.42 bits per heavy atom. The fourth-order valence-electron chi connectivity index (χ4n) is 2.76. The molecule has 0 amide bonds.